The lowest BCUT2D eigenvalue weighted by atomic mass is 10.0. The van der Waals surface area contributed by atoms with Crippen molar-refractivity contribution in [1.29, 1.82) is 0 Å². The quantitative estimate of drug-likeness (QED) is 0.384. The number of amides is 2. The van der Waals surface area contributed by atoms with Crippen molar-refractivity contribution in [2.24, 2.45) is 0 Å². The maximum Gasteiger partial charge on any atom is 0.410 e. The summed E-state index contributed by atoms with van der Waals surface area (Å²) in [6.45, 7) is 2.60. The second-order valence-corrected chi connectivity index (χ2v) is 11.2. The first-order valence-corrected chi connectivity index (χ1v) is 14.2. The smallest absolute Gasteiger partial charge is 0.410 e. The minimum Gasteiger partial charge on any atom is -0.497 e. The highest BCUT2D eigenvalue weighted by Gasteiger charge is 2.31. The molecule has 4 rings (SSSR count). The number of hydrogen-bond acceptors (Lipinski definition) is 9. The van der Waals surface area contributed by atoms with Gasteiger partial charge in [0.2, 0.25) is 0 Å². The minimum absolute atomic E-state index is 0.0589. The van der Waals surface area contributed by atoms with Gasteiger partial charge in [0, 0.05) is 22.7 Å². The molecule has 1 aliphatic heterocycles. The molecule has 0 bridgehead atoms. The Balaban J connectivity index is 1.50. The molecule has 11 nitrogen and oxygen atoms in total. The Morgan fingerprint density at radius 2 is 1.72 bits per heavy atom. The number of methoxy groups -OCH3 is 2. The molecule has 0 spiro atoms. The molecule has 1 aliphatic rings. The molecule has 3 aromatic rings. The van der Waals surface area contributed by atoms with E-state index in [0.717, 1.165) is 10.4 Å². The molecule has 1 aromatic heterocycles. The van der Waals surface area contributed by atoms with Crippen molar-refractivity contribution in [2.45, 2.75) is 24.8 Å². The van der Waals surface area contributed by atoms with E-state index in [2.05, 4.69) is 10.0 Å². The molecule has 2 heterocycles. The maximum atomic E-state index is 13.0. The van der Waals surface area contributed by atoms with Gasteiger partial charge in [-0.25, -0.2) is 18.0 Å². The standard InChI is InChI=1S/C26H27N3O8S2/c1-4-37-26(32)29-14-13-20-21(15-29)38-24(22(20)25(31)36-3)27-23(30)16-5-7-17(8-6-16)28-39(33,34)19-11-9-18(35-2)10-12-19/h5-12,28H,4,13-15H2,1-3H3,(H,27,30). The summed E-state index contributed by atoms with van der Waals surface area (Å²) in [5, 5.41) is 3.08. The molecule has 39 heavy (non-hydrogen) atoms. The van der Waals surface area contributed by atoms with E-state index >= 15 is 0 Å². The van der Waals surface area contributed by atoms with E-state index in [1.165, 1.54) is 62.0 Å². The fraction of sp³-hybridized carbons (Fsp3) is 0.269. The van der Waals surface area contributed by atoms with E-state index in [0.29, 0.717) is 23.7 Å². The van der Waals surface area contributed by atoms with Gasteiger partial charge in [0.25, 0.3) is 15.9 Å². The van der Waals surface area contributed by atoms with Crippen LogP contribution in [0.4, 0.5) is 15.5 Å². The van der Waals surface area contributed by atoms with Crippen LogP contribution in [0, 0.1) is 0 Å². The number of benzene rings is 2. The molecule has 0 radical (unpaired) electrons. The van der Waals surface area contributed by atoms with Gasteiger partial charge < -0.3 is 24.4 Å². The number of carbonyl (C=O) groups excluding carboxylic acids is 3. The predicted octanol–water partition coefficient (Wildman–Crippen LogP) is 4.11. The third kappa shape index (κ3) is 6.15. The van der Waals surface area contributed by atoms with Gasteiger partial charge in [0.05, 0.1) is 37.8 Å². The first-order chi connectivity index (χ1) is 18.7. The van der Waals surface area contributed by atoms with Crippen LogP contribution < -0.4 is 14.8 Å². The van der Waals surface area contributed by atoms with Crippen LogP contribution in [-0.2, 0) is 32.5 Å². The first-order valence-electron chi connectivity index (χ1n) is 11.9. The molecule has 2 aromatic carbocycles. The molecular weight excluding hydrogens is 546 g/mol. The largest absolute Gasteiger partial charge is 0.497 e. The average molecular weight is 574 g/mol. The molecule has 0 fully saturated rings. The number of nitrogens with one attached hydrogen (secondary N) is 2. The van der Waals surface area contributed by atoms with Crippen molar-refractivity contribution >= 4 is 50.0 Å². The van der Waals surface area contributed by atoms with Crippen molar-refractivity contribution in [2.75, 3.05) is 37.4 Å². The number of nitrogens with zero attached hydrogens (tertiary/aromatic N) is 1. The highest BCUT2D eigenvalue weighted by atomic mass is 32.2. The Bertz CT molecular complexity index is 1480. The van der Waals surface area contributed by atoms with E-state index in [4.69, 9.17) is 14.2 Å². The number of thiophene rings is 1. The number of hydrogen-bond donors (Lipinski definition) is 2. The van der Waals surface area contributed by atoms with E-state index in [1.54, 1.807) is 24.0 Å². The third-order valence-electron chi connectivity index (χ3n) is 5.97. The van der Waals surface area contributed by atoms with Crippen LogP contribution in [0.5, 0.6) is 5.75 Å². The number of anilines is 2. The van der Waals surface area contributed by atoms with Crippen LogP contribution in [-0.4, -0.2) is 58.7 Å². The molecule has 206 valence electrons. The van der Waals surface area contributed by atoms with Crippen molar-refractivity contribution < 1.29 is 37.0 Å². The Kier molecular flexibility index (Phi) is 8.41. The van der Waals surface area contributed by atoms with Gasteiger partial charge in [-0.3, -0.25) is 9.52 Å². The summed E-state index contributed by atoms with van der Waals surface area (Å²) in [6, 6.07) is 11.8. The summed E-state index contributed by atoms with van der Waals surface area (Å²) in [6.07, 6.45) is -0.0296. The first kappa shape index (κ1) is 27.9. The Labute approximate surface area is 229 Å². The molecule has 0 atom stereocenters. The number of esters is 1. The highest BCUT2D eigenvalue weighted by Crippen LogP contribution is 2.38. The predicted molar refractivity (Wildman–Crippen MR) is 145 cm³/mol. The van der Waals surface area contributed by atoms with Crippen LogP contribution in [0.3, 0.4) is 0 Å². The van der Waals surface area contributed by atoms with Gasteiger partial charge in [-0.1, -0.05) is 0 Å². The van der Waals surface area contributed by atoms with E-state index in [-0.39, 0.29) is 34.9 Å². The second-order valence-electron chi connectivity index (χ2n) is 8.38. The molecule has 0 saturated heterocycles. The zero-order valence-corrected chi connectivity index (χ0v) is 23.1. The van der Waals surface area contributed by atoms with Crippen molar-refractivity contribution in [3.05, 3.63) is 70.1 Å². The topological polar surface area (TPSA) is 140 Å². The molecule has 2 amide bonds. The second kappa shape index (κ2) is 11.7. The summed E-state index contributed by atoms with van der Waals surface area (Å²) in [4.78, 5) is 40.2. The van der Waals surface area contributed by atoms with Gasteiger partial charge in [-0.05, 0) is 67.4 Å². The summed E-state index contributed by atoms with van der Waals surface area (Å²) in [7, 11) is -1.10. The SMILES string of the molecule is CCOC(=O)N1CCc2c(sc(NC(=O)c3ccc(NS(=O)(=O)c4ccc(OC)cc4)cc3)c2C(=O)OC)C1. The molecule has 0 saturated carbocycles. The number of rotatable bonds is 8. The molecule has 0 unspecified atom stereocenters. The van der Waals surface area contributed by atoms with Gasteiger partial charge >= 0.3 is 12.1 Å². The fourth-order valence-corrected chi connectivity index (χ4v) is 6.32. The monoisotopic (exact) mass is 573 g/mol. The van der Waals surface area contributed by atoms with Gasteiger partial charge in [-0.15, -0.1) is 11.3 Å². The number of sulfonamides is 1. The van der Waals surface area contributed by atoms with Crippen LogP contribution in [0.15, 0.2) is 53.4 Å². The maximum absolute atomic E-state index is 13.0. The van der Waals surface area contributed by atoms with Crippen LogP contribution >= 0.6 is 11.3 Å². The van der Waals surface area contributed by atoms with Crippen molar-refractivity contribution in [3.8, 4) is 5.75 Å². The Hall–Kier alpha value is -4.10. The van der Waals surface area contributed by atoms with Crippen molar-refractivity contribution in [3.63, 3.8) is 0 Å². The molecule has 13 heteroatoms. The Morgan fingerprint density at radius 3 is 2.33 bits per heavy atom. The highest BCUT2D eigenvalue weighted by molar-refractivity contribution is 7.92. The lowest BCUT2D eigenvalue weighted by molar-refractivity contribution is 0.0600. The number of ether oxygens (including phenoxy) is 3. The summed E-state index contributed by atoms with van der Waals surface area (Å²) in [5.74, 6) is -0.552. The van der Waals surface area contributed by atoms with E-state index in [9.17, 15) is 22.8 Å². The van der Waals surface area contributed by atoms with Crippen LogP contribution in [0.25, 0.3) is 0 Å². The fourth-order valence-electron chi connectivity index (χ4n) is 4.01. The Morgan fingerprint density at radius 1 is 1.03 bits per heavy atom. The van der Waals surface area contributed by atoms with Gasteiger partial charge in [-0.2, -0.15) is 0 Å². The molecular formula is C26H27N3O8S2. The average Bonchev–Trinajstić information content (AvgIpc) is 3.29. The van der Waals surface area contributed by atoms with E-state index in [1.807, 2.05) is 0 Å². The zero-order chi connectivity index (χ0) is 28.2. The summed E-state index contributed by atoms with van der Waals surface area (Å²) >= 11 is 1.20. The van der Waals surface area contributed by atoms with E-state index < -0.39 is 28.0 Å². The minimum atomic E-state index is -3.85. The lowest BCUT2D eigenvalue weighted by Crippen LogP contribution is -2.36. The van der Waals surface area contributed by atoms with Crippen LogP contribution in [0.2, 0.25) is 0 Å². The summed E-state index contributed by atoms with van der Waals surface area (Å²) in [5.41, 5.74) is 1.50. The van der Waals surface area contributed by atoms with Gasteiger partial charge in [0.1, 0.15) is 10.8 Å². The lowest BCUT2D eigenvalue weighted by Gasteiger charge is -2.26. The number of fused-ring (bicyclic) bond motifs is 1. The number of carbonyl (C=O) groups is 3. The zero-order valence-electron chi connectivity index (χ0n) is 21.5. The van der Waals surface area contributed by atoms with Gasteiger partial charge in [0.15, 0.2) is 0 Å². The summed E-state index contributed by atoms with van der Waals surface area (Å²) < 4.78 is 42.9. The molecule has 2 N–H and O–H groups in total. The molecule has 0 aliphatic carbocycles. The van der Waals surface area contributed by atoms with Crippen molar-refractivity contribution in [1.82, 2.24) is 4.90 Å². The third-order valence-corrected chi connectivity index (χ3v) is 8.50. The van der Waals surface area contributed by atoms with Crippen LogP contribution in [0.1, 0.15) is 38.1 Å². The normalized spacial score (nSPS) is 12.7.